The van der Waals surface area contributed by atoms with Crippen LogP contribution < -0.4 is 34.1 Å². The molecule has 0 bridgehead atoms. The Morgan fingerprint density at radius 1 is 1.50 bits per heavy atom. The summed E-state index contributed by atoms with van der Waals surface area (Å²) in [4.78, 5) is 0. The molecule has 12 heavy (non-hydrogen) atoms. The second kappa shape index (κ2) is 8.30. The summed E-state index contributed by atoms with van der Waals surface area (Å²) in [7, 11) is 2.04. The van der Waals surface area contributed by atoms with Gasteiger partial charge in [0.2, 0.25) is 6.33 Å². The zero-order valence-corrected chi connectivity index (χ0v) is 11.9. The molecule has 1 aromatic rings. The Bertz CT molecular complexity index is 206. The second-order valence-electron chi connectivity index (χ2n) is 2.67. The molecule has 0 atom stereocenters. The molecule has 66 valence electrons. The fraction of sp³-hybridized carbons (Fsp3) is 0.625. The molecule has 2 nitrogen and oxygen atoms in total. The quantitative estimate of drug-likeness (QED) is 0.467. The fourth-order valence-corrected chi connectivity index (χ4v) is 0.975. The molecule has 0 spiro atoms. The van der Waals surface area contributed by atoms with Crippen molar-refractivity contribution < 1.29 is 35.6 Å². The van der Waals surface area contributed by atoms with Gasteiger partial charge in [-0.1, -0.05) is 13.3 Å². The van der Waals surface area contributed by atoms with Gasteiger partial charge >= 0.3 is 29.6 Å². The predicted molar refractivity (Wildman–Crippen MR) is 52.0 cm³/mol. The first-order valence-corrected chi connectivity index (χ1v) is 3.84. The molecule has 0 aliphatic carbocycles. The van der Waals surface area contributed by atoms with E-state index in [1.54, 1.807) is 0 Å². The van der Waals surface area contributed by atoms with E-state index in [9.17, 15) is 0 Å². The fourth-order valence-electron chi connectivity index (χ4n) is 0.975. The number of unbranched alkanes of at least 4 members (excludes halogenated alkanes) is 1. The molecular weight excluding hydrogens is 227 g/mol. The molecule has 0 amide bonds. The summed E-state index contributed by atoms with van der Waals surface area (Å²) in [5.41, 5.74) is 0. The summed E-state index contributed by atoms with van der Waals surface area (Å²) >= 11 is 0. The van der Waals surface area contributed by atoms with E-state index in [0.717, 1.165) is 6.54 Å². The van der Waals surface area contributed by atoms with Gasteiger partial charge in [0.25, 0.3) is 0 Å². The SMILES string of the molecule is Br.CCCCn1cc[n+](C)c1.[H-].[Na+]. The van der Waals surface area contributed by atoms with Gasteiger partial charge in [-0.3, -0.25) is 0 Å². The molecule has 4 heteroatoms. The van der Waals surface area contributed by atoms with Crippen molar-refractivity contribution in [1.29, 1.82) is 0 Å². The van der Waals surface area contributed by atoms with Gasteiger partial charge in [0.15, 0.2) is 0 Å². The van der Waals surface area contributed by atoms with Crippen LogP contribution in [0.2, 0.25) is 0 Å². The Hall–Kier alpha value is 0.690. The van der Waals surface area contributed by atoms with Gasteiger partial charge in [-0.05, 0) is 6.42 Å². The molecule has 1 aromatic heterocycles. The average molecular weight is 244 g/mol. The third-order valence-electron chi connectivity index (χ3n) is 1.59. The summed E-state index contributed by atoms with van der Waals surface area (Å²) in [5.74, 6) is 0. The minimum absolute atomic E-state index is 0. The minimum Gasteiger partial charge on any atom is -1.00 e. The van der Waals surface area contributed by atoms with Crippen LogP contribution in [0.15, 0.2) is 18.7 Å². The first kappa shape index (κ1) is 15.2. The van der Waals surface area contributed by atoms with Crippen LogP contribution in [0.5, 0.6) is 0 Å². The summed E-state index contributed by atoms with van der Waals surface area (Å²) in [6.07, 6.45) is 8.82. The summed E-state index contributed by atoms with van der Waals surface area (Å²) in [6, 6.07) is 0. The van der Waals surface area contributed by atoms with Gasteiger partial charge in [0.1, 0.15) is 12.4 Å². The van der Waals surface area contributed by atoms with Crippen LogP contribution in [0.25, 0.3) is 0 Å². The van der Waals surface area contributed by atoms with Gasteiger partial charge < -0.3 is 1.43 Å². The van der Waals surface area contributed by atoms with E-state index in [4.69, 9.17) is 0 Å². The van der Waals surface area contributed by atoms with Crippen molar-refractivity contribution >= 4 is 17.0 Å². The third kappa shape index (κ3) is 5.36. The summed E-state index contributed by atoms with van der Waals surface area (Å²) < 4.78 is 4.28. The first-order chi connectivity index (χ1) is 4.83. The van der Waals surface area contributed by atoms with Crippen molar-refractivity contribution in [2.24, 2.45) is 7.05 Å². The minimum atomic E-state index is 0. The van der Waals surface area contributed by atoms with Crippen LogP contribution >= 0.6 is 17.0 Å². The maximum atomic E-state index is 2.21. The van der Waals surface area contributed by atoms with Crippen LogP contribution in [0, 0.1) is 0 Å². The zero-order valence-electron chi connectivity index (χ0n) is 9.16. The number of aromatic nitrogens is 2. The van der Waals surface area contributed by atoms with Gasteiger partial charge in [-0.15, -0.1) is 17.0 Å². The monoisotopic (exact) mass is 243 g/mol. The normalized spacial score (nSPS) is 8.50. The molecule has 1 rings (SSSR count). The Balaban J connectivity index is -0.000000333. The van der Waals surface area contributed by atoms with E-state index < -0.39 is 0 Å². The van der Waals surface area contributed by atoms with Crippen molar-refractivity contribution in [2.75, 3.05) is 0 Å². The van der Waals surface area contributed by atoms with Gasteiger partial charge in [0, 0.05) is 0 Å². The summed E-state index contributed by atoms with van der Waals surface area (Å²) in [5, 5.41) is 0. The number of halogens is 1. The van der Waals surface area contributed by atoms with E-state index in [-0.39, 0.29) is 48.0 Å². The number of hydrogen-bond donors (Lipinski definition) is 0. The maximum absolute atomic E-state index is 2.21. The Morgan fingerprint density at radius 2 is 2.17 bits per heavy atom. The van der Waals surface area contributed by atoms with Crippen LogP contribution in [0.3, 0.4) is 0 Å². The van der Waals surface area contributed by atoms with Crippen molar-refractivity contribution in [1.82, 2.24) is 4.57 Å². The third-order valence-corrected chi connectivity index (χ3v) is 1.59. The molecule has 0 aromatic carbocycles. The zero-order chi connectivity index (χ0) is 7.40. The van der Waals surface area contributed by atoms with Crippen molar-refractivity contribution in [3.05, 3.63) is 18.7 Å². The second-order valence-corrected chi connectivity index (χ2v) is 2.67. The first-order valence-electron chi connectivity index (χ1n) is 3.84. The van der Waals surface area contributed by atoms with Crippen molar-refractivity contribution in [3.8, 4) is 0 Å². The van der Waals surface area contributed by atoms with E-state index in [2.05, 4.69) is 34.8 Å². The molecule has 1 heterocycles. The van der Waals surface area contributed by atoms with Crippen LogP contribution in [0.1, 0.15) is 21.2 Å². The van der Waals surface area contributed by atoms with E-state index in [0.29, 0.717) is 0 Å². The summed E-state index contributed by atoms with van der Waals surface area (Å²) in [6.45, 7) is 3.36. The molecule has 0 radical (unpaired) electrons. The molecule has 0 aliphatic rings. The van der Waals surface area contributed by atoms with E-state index >= 15 is 0 Å². The molecule has 0 N–H and O–H groups in total. The smallest absolute Gasteiger partial charge is 1.00 e. The number of nitrogens with zero attached hydrogens (tertiary/aromatic N) is 2. The molecule has 0 fully saturated rings. The van der Waals surface area contributed by atoms with Gasteiger partial charge in [-0.2, -0.15) is 0 Å². The predicted octanol–water partition coefficient (Wildman–Crippen LogP) is -1.19. The molecular formula is C8H17BrN2Na+. The Morgan fingerprint density at radius 3 is 2.58 bits per heavy atom. The standard InChI is InChI=1S/C8H15N2.BrH.Na.H/c1-3-4-5-10-7-6-9(2)8-10;;;/h6-8H,3-5H2,1-2H3;1H;;/q+1;;+1;-1. The van der Waals surface area contributed by atoms with Gasteiger partial charge in [-0.25, -0.2) is 9.13 Å². The van der Waals surface area contributed by atoms with E-state index in [1.165, 1.54) is 12.8 Å². The van der Waals surface area contributed by atoms with Crippen LogP contribution in [-0.2, 0) is 13.6 Å². The largest absolute Gasteiger partial charge is 1.00 e. The van der Waals surface area contributed by atoms with Crippen LogP contribution in [-0.4, -0.2) is 4.57 Å². The average Bonchev–Trinajstić information content (AvgIpc) is 2.31. The number of aryl methyl sites for hydroxylation is 2. The topological polar surface area (TPSA) is 8.81 Å². The van der Waals surface area contributed by atoms with E-state index in [1.807, 2.05) is 7.05 Å². The Labute approximate surface area is 109 Å². The molecule has 0 saturated heterocycles. The number of imidazole rings is 1. The number of rotatable bonds is 3. The van der Waals surface area contributed by atoms with Crippen molar-refractivity contribution in [2.45, 2.75) is 26.3 Å². The van der Waals surface area contributed by atoms with Crippen molar-refractivity contribution in [3.63, 3.8) is 0 Å². The van der Waals surface area contributed by atoms with Gasteiger partial charge in [0.05, 0.1) is 13.6 Å². The molecule has 0 aliphatic heterocycles. The maximum Gasteiger partial charge on any atom is 1.00 e. The number of hydrogen-bond acceptors (Lipinski definition) is 0. The van der Waals surface area contributed by atoms with Crippen LogP contribution in [0.4, 0.5) is 0 Å². The Kier molecular flexibility index (Phi) is 10.5. The molecule has 0 saturated carbocycles. The molecule has 0 unspecified atom stereocenters.